The molecule has 0 bridgehead atoms. The predicted octanol–water partition coefficient (Wildman–Crippen LogP) is 3.56. The molecule has 1 fully saturated rings. The van der Waals surface area contributed by atoms with Crippen molar-refractivity contribution in [3.63, 3.8) is 0 Å². The summed E-state index contributed by atoms with van der Waals surface area (Å²) < 4.78 is 0. The zero-order valence-corrected chi connectivity index (χ0v) is 9.49. The molecule has 1 saturated carbocycles. The second-order valence-corrected chi connectivity index (χ2v) is 4.08. The first-order valence-corrected chi connectivity index (χ1v) is 6.08. The Morgan fingerprint density at radius 3 is 1.67 bits per heavy atom. The van der Waals surface area contributed by atoms with Crippen molar-refractivity contribution in [3.8, 4) is 0 Å². The highest BCUT2D eigenvalue weighted by Gasteiger charge is 1.95. The molecular weight excluding hydrogens is 184 g/mol. The van der Waals surface area contributed by atoms with E-state index in [1.54, 1.807) is 0 Å². The van der Waals surface area contributed by atoms with Crippen molar-refractivity contribution in [2.75, 3.05) is 6.61 Å². The van der Waals surface area contributed by atoms with Crippen LogP contribution >= 0.6 is 0 Å². The average molecular weight is 206 g/mol. The van der Waals surface area contributed by atoms with Crippen LogP contribution in [0.2, 0.25) is 0 Å². The molecule has 0 aromatic heterocycles. The van der Waals surface area contributed by atoms with Gasteiger partial charge in [-0.05, 0) is 12.0 Å². The molecule has 0 heterocycles. The molecule has 84 valence electrons. The van der Waals surface area contributed by atoms with Crippen LogP contribution in [0.1, 0.15) is 44.1 Å². The molecule has 0 spiro atoms. The maximum absolute atomic E-state index is 8.52. The van der Waals surface area contributed by atoms with E-state index in [2.05, 4.69) is 0 Å². The third kappa shape index (κ3) is 6.29. The molecule has 1 nitrogen and oxygen atoms in total. The smallest absolute Gasteiger partial charge is 0.0471 e. The van der Waals surface area contributed by atoms with Crippen LogP contribution in [0.4, 0.5) is 0 Å². The van der Waals surface area contributed by atoms with Gasteiger partial charge in [0.15, 0.2) is 0 Å². The standard InChI is InChI=1S/C8H10O.C6H12/c9-7-6-8-4-2-1-3-5-8;1-2-4-6-5-3-1/h1-5,9H,6-7H2;1-6H2. The van der Waals surface area contributed by atoms with Crippen molar-refractivity contribution >= 4 is 0 Å². The Labute approximate surface area is 93.1 Å². The van der Waals surface area contributed by atoms with Gasteiger partial charge in [0.05, 0.1) is 0 Å². The normalized spacial score (nSPS) is 15.3. The Bertz CT molecular complexity index is 215. The topological polar surface area (TPSA) is 20.2 Å². The van der Waals surface area contributed by atoms with Crippen molar-refractivity contribution in [3.05, 3.63) is 35.9 Å². The summed E-state index contributed by atoms with van der Waals surface area (Å²) >= 11 is 0. The lowest BCUT2D eigenvalue weighted by molar-refractivity contribution is 0.299. The Morgan fingerprint density at radius 2 is 1.27 bits per heavy atom. The van der Waals surface area contributed by atoms with E-state index in [0.717, 1.165) is 6.42 Å². The highest BCUT2D eigenvalue weighted by atomic mass is 16.2. The molecule has 2 rings (SSSR count). The third-order valence-corrected chi connectivity index (χ3v) is 2.74. The first-order valence-electron chi connectivity index (χ1n) is 6.08. The van der Waals surface area contributed by atoms with Crippen LogP contribution in [0.3, 0.4) is 0 Å². The summed E-state index contributed by atoms with van der Waals surface area (Å²) in [5.41, 5.74) is 1.19. The summed E-state index contributed by atoms with van der Waals surface area (Å²) in [5, 5.41) is 8.52. The number of aliphatic hydroxyl groups excluding tert-OH is 1. The zero-order chi connectivity index (χ0) is 10.8. The molecule has 1 aromatic carbocycles. The van der Waals surface area contributed by atoms with Crippen molar-refractivity contribution in [2.24, 2.45) is 0 Å². The summed E-state index contributed by atoms with van der Waals surface area (Å²) in [5.74, 6) is 0. The van der Waals surface area contributed by atoms with Crippen molar-refractivity contribution in [1.29, 1.82) is 0 Å². The second-order valence-electron chi connectivity index (χ2n) is 4.08. The monoisotopic (exact) mass is 206 g/mol. The molecule has 1 N–H and O–H groups in total. The van der Waals surface area contributed by atoms with Gasteiger partial charge in [-0.15, -0.1) is 0 Å². The van der Waals surface area contributed by atoms with Crippen LogP contribution in [0.25, 0.3) is 0 Å². The zero-order valence-electron chi connectivity index (χ0n) is 9.49. The number of benzene rings is 1. The maximum atomic E-state index is 8.52. The Morgan fingerprint density at radius 1 is 0.800 bits per heavy atom. The van der Waals surface area contributed by atoms with Crippen molar-refractivity contribution in [2.45, 2.75) is 44.9 Å². The summed E-state index contributed by atoms with van der Waals surface area (Å²) in [6, 6.07) is 9.95. The molecule has 1 aliphatic rings. The van der Waals surface area contributed by atoms with Crippen LogP contribution in [-0.2, 0) is 6.42 Å². The van der Waals surface area contributed by atoms with E-state index in [1.165, 1.54) is 44.1 Å². The van der Waals surface area contributed by atoms with E-state index in [9.17, 15) is 0 Å². The Kier molecular flexibility index (Phi) is 6.93. The SMILES string of the molecule is C1CCCCC1.OCCc1ccccc1. The van der Waals surface area contributed by atoms with Gasteiger partial charge in [-0.2, -0.15) is 0 Å². The molecule has 0 saturated heterocycles. The minimum Gasteiger partial charge on any atom is -0.396 e. The van der Waals surface area contributed by atoms with E-state index < -0.39 is 0 Å². The van der Waals surface area contributed by atoms with Crippen LogP contribution < -0.4 is 0 Å². The summed E-state index contributed by atoms with van der Waals surface area (Å²) in [4.78, 5) is 0. The number of rotatable bonds is 2. The molecule has 0 amide bonds. The summed E-state index contributed by atoms with van der Waals surface area (Å²) in [6.07, 6.45) is 9.76. The lowest BCUT2D eigenvalue weighted by atomic mass is 10.0. The first kappa shape index (κ1) is 12.3. The Balaban J connectivity index is 0.000000162. The lowest BCUT2D eigenvalue weighted by Crippen LogP contribution is -1.88. The highest BCUT2D eigenvalue weighted by Crippen LogP contribution is 2.15. The molecule has 0 atom stereocenters. The van der Waals surface area contributed by atoms with E-state index in [4.69, 9.17) is 5.11 Å². The summed E-state index contributed by atoms with van der Waals surface area (Å²) in [7, 11) is 0. The van der Waals surface area contributed by atoms with Crippen molar-refractivity contribution < 1.29 is 5.11 Å². The van der Waals surface area contributed by atoms with Gasteiger partial charge in [0.2, 0.25) is 0 Å². The largest absolute Gasteiger partial charge is 0.396 e. The number of hydrogen-bond acceptors (Lipinski definition) is 1. The number of aliphatic hydroxyl groups is 1. The van der Waals surface area contributed by atoms with Gasteiger partial charge >= 0.3 is 0 Å². The van der Waals surface area contributed by atoms with E-state index in [-0.39, 0.29) is 6.61 Å². The fourth-order valence-corrected chi connectivity index (χ4v) is 1.83. The summed E-state index contributed by atoms with van der Waals surface area (Å²) in [6.45, 7) is 0.240. The van der Waals surface area contributed by atoms with E-state index >= 15 is 0 Å². The molecule has 1 heteroatoms. The molecule has 0 radical (unpaired) electrons. The van der Waals surface area contributed by atoms with Crippen LogP contribution in [0.15, 0.2) is 30.3 Å². The van der Waals surface area contributed by atoms with Gasteiger partial charge in [-0.3, -0.25) is 0 Å². The van der Waals surface area contributed by atoms with Gasteiger partial charge in [-0.1, -0.05) is 68.9 Å². The first-order chi connectivity index (χ1) is 7.43. The molecule has 0 unspecified atom stereocenters. The third-order valence-electron chi connectivity index (χ3n) is 2.74. The maximum Gasteiger partial charge on any atom is 0.0471 e. The molecule has 15 heavy (non-hydrogen) atoms. The highest BCUT2D eigenvalue weighted by molar-refractivity contribution is 5.14. The second kappa shape index (κ2) is 8.49. The molecule has 0 aliphatic heterocycles. The van der Waals surface area contributed by atoms with Crippen molar-refractivity contribution in [1.82, 2.24) is 0 Å². The van der Waals surface area contributed by atoms with Gasteiger partial charge in [0.25, 0.3) is 0 Å². The average Bonchev–Trinajstić information content (AvgIpc) is 2.34. The van der Waals surface area contributed by atoms with Crippen LogP contribution in [0, 0.1) is 0 Å². The number of hydrogen-bond donors (Lipinski definition) is 1. The van der Waals surface area contributed by atoms with Gasteiger partial charge in [-0.25, -0.2) is 0 Å². The lowest BCUT2D eigenvalue weighted by Gasteiger charge is -2.05. The van der Waals surface area contributed by atoms with Gasteiger partial charge in [0.1, 0.15) is 0 Å². The fourth-order valence-electron chi connectivity index (χ4n) is 1.83. The molecule has 1 aromatic rings. The van der Waals surface area contributed by atoms with Gasteiger partial charge < -0.3 is 5.11 Å². The quantitative estimate of drug-likeness (QED) is 0.784. The van der Waals surface area contributed by atoms with Gasteiger partial charge in [0, 0.05) is 6.61 Å². The van der Waals surface area contributed by atoms with E-state index in [0.29, 0.717) is 0 Å². The minimum atomic E-state index is 0.240. The fraction of sp³-hybridized carbons (Fsp3) is 0.571. The molecule has 1 aliphatic carbocycles. The predicted molar refractivity (Wildman–Crippen MR) is 64.9 cm³/mol. The Hall–Kier alpha value is -0.820. The minimum absolute atomic E-state index is 0.240. The molecular formula is C14H22O. The van der Waals surface area contributed by atoms with E-state index in [1.807, 2.05) is 30.3 Å². The van der Waals surface area contributed by atoms with Crippen LogP contribution in [-0.4, -0.2) is 11.7 Å². The van der Waals surface area contributed by atoms with Crippen LogP contribution in [0.5, 0.6) is 0 Å².